The van der Waals surface area contributed by atoms with Crippen LogP contribution in [0.2, 0.25) is 0 Å². The Morgan fingerprint density at radius 3 is 2.53 bits per heavy atom. The van der Waals surface area contributed by atoms with Crippen LogP contribution in [0.25, 0.3) is 10.9 Å². The topological polar surface area (TPSA) is 79.8 Å². The molecule has 0 saturated carbocycles. The van der Waals surface area contributed by atoms with Crippen LogP contribution < -0.4 is 19.7 Å². The second-order valence-electron chi connectivity index (χ2n) is 8.56. The van der Waals surface area contributed by atoms with Gasteiger partial charge in [0.2, 0.25) is 12.7 Å². The van der Waals surface area contributed by atoms with Gasteiger partial charge in [-0.1, -0.05) is 42.1 Å². The van der Waals surface area contributed by atoms with E-state index in [1.807, 2.05) is 65.6 Å². The highest BCUT2D eigenvalue weighted by atomic mass is 32.2. The van der Waals surface area contributed by atoms with Crippen molar-refractivity contribution in [3.05, 3.63) is 72.8 Å². The summed E-state index contributed by atoms with van der Waals surface area (Å²) >= 11 is 1.37. The fraction of sp³-hybridized carbons (Fsp3) is 0.222. The number of amides is 1. The summed E-state index contributed by atoms with van der Waals surface area (Å²) in [6.45, 7) is 3.31. The molecule has 0 unspecified atom stereocenters. The van der Waals surface area contributed by atoms with Crippen LogP contribution in [0.15, 0.2) is 78.0 Å². The lowest BCUT2D eigenvalue weighted by Gasteiger charge is -2.36. The van der Waals surface area contributed by atoms with E-state index in [1.165, 1.54) is 17.4 Å². The Balaban J connectivity index is 1.13. The first-order valence-electron chi connectivity index (χ1n) is 11.9. The van der Waals surface area contributed by atoms with Gasteiger partial charge in [-0.3, -0.25) is 4.79 Å². The molecule has 1 amide bonds. The van der Waals surface area contributed by atoms with Crippen molar-refractivity contribution < 1.29 is 14.3 Å². The van der Waals surface area contributed by atoms with E-state index in [1.54, 1.807) is 0 Å². The van der Waals surface area contributed by atoms with E-state index in [9.17, 15) is 4.79 Å². The zero-order valence-electron chi connectivity index (χ0n) is 19.6. The van der Waals surface area contributed by atoms with Gasteiger partial charge in [-0.05, 0) is 36.4 Å². The molecule has 36 heavy (non-hydrogen) atoms. The number of hydrogen-bond donors (Lipinski definition) is 1. The minimum atomic E-state index is 0.106. The summed E-state index contributed by atoms with van der Waals surface area (Å²) in [5.41, 5.74) is 2.86. The number of ether oxygens (including phenoxy) is 2. The van der Waals surface area contributed by atoms with Gasteiger partial charge in [0.25, 0.3) is 0 Å². The fourth-order valence-electron chi connectivity index (χ4n) is 4.40. The van der Waals surface area contributed by atoms with Gasteiger partial charge >= 0.3 is 0 Å². The standard InChI is InChI=1S/C27H25N5O3S/c33-25(32-14-12-31(13-15-32)20-6-2-1-3-7-20)17-36-27-29-22-9-5-4-8-21(22)26(30-27)28-19-10-11-23-24(16-19)35-18-34-23/h1-11,16H,12-15,17-18H2,(H,28,29,30). The maximum atomic E-state index is 13.0. The maximum absolute atomic E-state index is 13.0. The zero-order chi connectivity index (χ0) is 24.3. The smallest absolute Gasteiger partial charge is 0.233 e. The van der Waals surface area contributed by atoms with E-state index in [0.29, 0.717) is 35.6 Å². The first kappa shape index (κ1) is 22.5. The number of carbonyl (C=O) groups is 1. The molecule has 2 aliphatic rings. The van der Waals surface area contributed by atoms with Crippen molar-refractivity contribution in [2.45, 2.75) is 5.16 Å². The number of anilines is 3. The van der Waals surface area contributed by atoms with Gasteiger partial charge in [0.15, 0.2) is 16.7 Å². The molecule has 0 atom stereocenters. The van der Waals surface area contributed by atoms with Crippen LogP contribution in [0, 0.1) is 0 Å². The number of carbonyl (C=O) groups excluding carboxylic acids is 1. The van der Waals surface area contributed by atoms with Crippen molar-refractivity contribution in [2.24, 2.45) is 0 Å². The minimum Gasteiger partial charge on any atom is -0.454 e. The molecular weight excluding hydrogens is 474 g/mol. The molecule has 1 saturated heterocycles. The van der Waals surface area contributed by atoms with Crippen LogP contribution >= 0.6 is 11.8 Å². The van der Waals surface area contributed by atoms with E-state index < -0.39 is 0 Å². The zero-order valence-corrected chi connectivity index (χ0v) is 20.4. The quantitative estimate of drug-likeness (QED) is 0.306. The van der Waals surface area contributed by atoms with Gasteiger partial charge in [0.05, 0.1) is 11.3 Å². The predicted octanol–water partition coefficient (Wildman–Crippen LogP) is 4.54. The summed E-state index contributed by atoms with van der Waals surface area (Å²) in [5.74, 6) is 2.52. The van der Waals surface area contributed by atoms with Crippen LogP contribution in [0.4, 0.5) is 17.2 Å². The first-order chi connectivity index (χ1) is 17.7. The molecule has 4 aromatic rings. The molecule has 6 rings (SSSR count). The lowest BCUT2D eigenvalue weighted by atomic mass is 10.2. The summed E-state index contributed by atoms with van der Waals surface area (Å²) < 4.78 is 10.9. The van der Waals surface area contributed by atoms with Gasteiger partial charge in [-0.25, -0.2) is 9.97 Å². The number of para-hydroxylation sites is 2. The Bertz CT molecular complexity index is 1390. The van der Waals surface area contributed by atoms with Crippen molar-refractivity contribution in [3.8, 4) is 11.5 Å². The number of benzene rings is 3. The van der Waals surface area contributed by atoms with E-state index in [0.717, 1.165) is 35.4 Å². The molecular formula is C27H25N5O3S. The molecule has 8 nitrogen and oxygen atoms in total. The number of fused-ring (bicyclic) bond motifs is 2. The third kappa shape index (κ3) is 4.74. The number of piperazine rings is 1. The fourth-order valence-corrected chi connectivity index (χ4v) is 5.15. The normalized spacial score (nSPS) is 14.8. The molecule has 2 aliphatic heterocycles. The molecule has 0 radical (unpaired) electrons. The molecule has 1 aromatic heterocycles. The third-order valence-corrected chi connectivity index (χ3v) is 7.13. The minimum absolute atomic E-state index is 0.106. The van der Waals surface area contributed by atoms with Gasteiger partial charge in [-0.15, -0.1) is 0 Å². The predicted molar refractivity (Wildman–Crippen MR) is 141 cm³/mol. The number of aromatic nitrogens is 2. The summed E-state index contributed by atoms with van der Waals surface area (Å²) in [7, 11) is 0. The van der Waals surface area contributed by atoms with Crippen molar-refractivity contribution in [1.29, 1.82) is 0 Å². The van der Waals surface area contributed by atoms with E-state index in [2.05, 4.69) is 22.3 Å². The summed E-state index contributed by atoms with van der Waals surface area (Å²) in [4.78, 5) is 26.6. The SMILES string of the molecule is O=C(CSc1nc(Nc2ccc3c(c2)OCO3)c2ccccc2n1)N1CCN(c2ccccc2)CC1. The Hall–Kier alpha value is -3.98. The molecule has 3 aromatic carbocycles. The van der Waals surface area contributed by atoms with Crippen molar-refractivity contribution in [2.75, 3.05) is 48.9 Å². The highest BCUT2D eigenvalue weighted by Gasteiger charge is 2.22. The monoisotopic (exact) mass is 499 g/mol. The lowest BCUT2D eigenvalue weighted by molar-refractivity contribution is -0.128. The molecule has 0 bridgehead atoms. The summed E-state index contributed by atoms with van der Waals surface area (Å²) in [6, 6.07) is 23.9. The van der Waals surface area contributed by atoms with Gasteiger partial charge in [0.1, 0.15) is 5.82 Å². The number of nitrogens with zero attached hydrogens (tertiary/aromatic N) is 4. The Labute approximate surface area is 213 Å². The van der Waals surface area contributed by atoms with Crippen LogP contribution in [0.1, 0.15) is 0 Å². The Morgan fingerprint density at radius 2 is 1.67 bits per heavy atom. The van der Waals surface area contributed by atoms with Gasteiger partial charge < -0.3 is 24.6 Å². The van der Waals surface area contributed by atoms with Crippen LogP contribution in [-0.4, -0.2) is 59.5 Å². The maximum Gasteiger partial charge on any atom is 0.233 e. The van der Waals surface area contributed by atoms with Crippen LogP contribution in [0.3, 0.4) is 0 Å². The number of nitrogens with one attached hydrogen (secondary N) is 1. The number of thioether (sulfide) groups is 1. The number of hydrogen-bond acceptors (Lipinski definition) is 8. The largest absolute Gasteiger partial charge is 0.454 e. The van der Waals surface area contributed by atoms with Gasteiger partial charge in [0, 0.05) is 49.0 Å². The van der Waals surface area contributed by atoms with E-state index in [-0.39, 0.29) is 12.7 Å². The Morgan fingerprint density at radius 1 is 0.889 bits per heavy atom. The molecule has 182 valence electrons. The molecule has 0 spiro atoms. The van der Waals surface area contributed by atoms with Crippen LogP contribution in [-0.2, 0) is 4.79 Å². The molecule has 1 fully saturated rings. The molecule has 1 N–H and O–H groups in total. The average molecular weight is 500 g/mol. The van der Waals surface area contributed by atoms with Crippen LogP contribution in [0.5, 0.6) is 11.5 Å². The van der Waals surface area contributed by atoms with E-state index >= 15 is 0 Å². The lowest BCUT2D eigenvalue weighted by Crippen LogP contribution is -2.49. The third-order valence-electron chi connectivity index (χ3n) is 6.30. The summed E-state index contributed by atoms with van der Waals surface area (Å²) in [6.07, 6.45) is 0. The highest BCUT2D eigenvalue weighted by Crippen LogP contribution is 2.36. The molecule has 0 aliphatic carbocycles. The second-order valence-corrected chi connectivity index (χ2v) is 9.50. The first-order valence-corrected chi connectivity index (χ1v) is 12.9. The van der Waals surface area contributed by atoms with Gasteiger partial charge in [-0.2, -0.15) is 0 Å². The Kier molecular flexibility index (Phi) is 6.21. The summed E-state index contributed by atoms with van der Waals surface area (Å²) in [5, 5.41) is 4.86. The van der Waals surface area contributed by atoms with Crippen molar-refractivity contribution in [1.82, 2.24) is 14.9 Å². The van der Waals surface area contributed by atoms with Crippen molar-refractivity contribution >= 4 is 45.8 Å². The number of rotatable bonds is 6. The molecule has 9 heteroatoms. The second kappa shape index (κ2) is 9.94. The average Bonchev–Trinajstić information content (AvgIpc) is 3.40. The highest BCUT2D eigenvalue weighted by molar-refractivity contribution is 7.99. The van der Waals surface area contributed by atoms with E-state index in [4.69, 9.17) is 19.4 Å². The van der Waals surface area contributed by atoms with Crippen molar-refractivity contribution in [3.63, 3.8) is 0 Å². The molecule has 3 heterocycles.